The van der Waals surface area contributed by atoms with E-state index in [1.807, 2.05) is 6.07 Å². The van der Waals surface area contributed by atoms with Gasteiger partial charge in [-0.25, -0.2) is 4.39 Å². The monoisotopic (exact) mass is 379 g/mol. The number of amides is 1. The molecule has 2 rings (SSSR count). The Balaban J connectivity index is 2.08. The fraction of sp³-hybridized carbons (Fsp3) is 0.222. The number of nitrogens with zero attached hydrogens (tertiary/aromatic N) is 1. The zero-order valence-corrected chi connectivity index (χ0v) is 15.1. The standard InChI is InChI=1S/C18H16Cl2FN3O/c1-10(13-7-16(21)15(20)8-14(13)19)23-11(2)18(25)24-17-6-4-3-5-12(17)9-22/h3-8,10-11,23H,1-2H3,(H,24,25)/t10-,11+/m0/s1. The molecule has 2 N–H and O–H groups in total. The Labute approximate surface area is 155 Å². The predicted octanol–water partition coefficient (Wildman–Crippen LogP) is 4.68. The Hall–Kier alpha value is -2.13. The van der Waals surface area contributed by atoms with Gasteiger partial charge in [0.1, 0.15) is 11.9 Å². The number of carbonyl (C=O) groups is 1. The summed E-state index contributed by atoms with van der Waals surface area (Å²) in [6.45, 7) is 3.43. The van der Waals surface area contributed by atoms with Crippen LogP contribution in [0.2, 0.25) is 10.0 Å². The first-order valence-corrected chi connectivity index (χ1v) is 8.29. The number of nitrogens with one attached hydrogen (secondary N) is 2. The molecule has 0 saturated heterocycles. The minimum atomic E-state index is -0.600. The number of hydrogen-bond acceptors (Lipinski definition) is 3. The molecule has 0 radical (unpaired) electrons. The zero-order chi connectivity index (χ0) is 18.6. The molecule has 0 aliphatic carbocycles. The van der Waals surface area contributed by atoms with Crippen molar-refractivity contribution in [3.63, 3.8) is 0 Å². The second kappa shape index (κ2) is 8.30. The van der Waals surface area contributed by atoms with E-state index in [-0.39, 0.29) is 17.0 Å². The lowest BCUT2D eigenvalue weighted by Gasteiger charge is -2.21. The van der Waals surface area contributed by atoms with Crippen molar-refractivity contribution in [2.45, 2.75) is 25.9 Å². The molecule has 7 heteroatoms. The number of para-hydroxylation sites is 1. The molecule has 2 aromatic carbocycles. The van der Waals surface area contributed by atoms with Gasteiger partial charge in [-0.1, -0.05) is 35.3 Å². The van der Waals surface area contributed by atoms with Gasteiger partial charge < -0.3 is 5.32 Å². The van der Waals surface area contributed by atoms with Crippen molar-refractivity contribution < 1.29 is 9.18 Å². The Kier molecular flexibility index (Phi) is 6.38. The summed E-state index contributed by atoms with van der Waals surface area (Å²) in [6, 6.07) is 10.3. The molecule has 130 valence electrons. The van der Waals surface area contributed by atoms with E-state index in [4.69, 9.17) is 28.5 Å². The number of carbonyl (C=O) groups excluding carboxylic acids is 1. The number of hydrogen-bond donors (Lipinski definition) is 2. The highest BCUT2D eigenvalue weighted by atomic mass is 35.5. The van der Waals surface area contributed by atoms with Gasteiger partial charge in [0, 0.05) is 11.1 Å². The molecule has 0 aliphatic rings. The summed E-state index contributed by atoms with van der Waals surface area (Å²) >= 11 is 11.8. The lowest BCUT2D eigenvalue weighted by molar-refractivity contribution is -0.117. The molecule has 0 spiro atoms. The fourth-order valence-corrected chi connectivity index (χ4v) is 2.89. The summed E-state index contributed by atoms with van der Waals surface area (Å²) in [6.07, 6.45) is 0. The van der Waals surface area contributed by atoms with Crippen molar-refractivity contribution in [3.8, 4) is 6.07 Å². The molecule has 0 aromatic heterocycles. The lowest BCUT2D eigenvalue weighted by Crippen LogP contribution is -2.39. The second-order valence-electron chi connectivity index (χ2n) is 5.54. The molecule has 0 bridgehead atoms. The molecule has 0 fully saturated rings. The van der Waals surface area contributed by atoms with Gasteiger partial charge in [0.25, 0.3) is 0 Å². The van der Waals surface area contributed by atoms with Crippen LogP contribution in [0, 0.1) is 17.1 Å². The lowest BCUT2D eigenvalue weighted by atomic mass is 10.1. The largest absolute Gasteiger partial charge is 0.324 e. The van der Waals surface area contributed by atoms with Crippen LogP contribution >= 0.6 is 23.2 Å². The third kappa shape index (κ3) is 4.70. The van der Waals surface area contributed by atoms with E-state index in [9.17, 15) is 9.18 Å². The van der Waals surface area contributed by atoms with Crippen molar-refractivity contribution >= 4 is 34.8 Å². The van der Waals surface area contributed by atoms with Gasteiger partial charge >= 0.3 is 0 Å². The maximum absolute atomic E-state index is 13.7. The van der Waals surface area contributed by atoms with Crippen LogP contribution in [0.1, 0.15) is 31.0 Å². The maximum Gasteiger partial charge on any atom is 0.241 e. The molecule has 2 atom stereocenters. The molecule has 0 heterocycles. The molecule has 25 heavy (non-hydrogen) atoms. The minimum absolute atomic E-state index is 0.0557. The summed E-state index contributed by atoms with van der Waals surface area (Å²) in [5.74, 6) is -0.894. The first kappa shape index (κ1) is 19.2. The van der Waals surface area contributed by atoms with Crippen molar-refractivity contribution in [3.05, 3.63) is 63.4 Å². The van der Waals surface area contributed by atoms with Gasteiger partial charge in [0.15, 0.2) is 0 Å². The zero-order valence-electron chi connectivity index (χ0n) is 13.6. The highest BCUT2D eigenvalue weighted by Crippen LogP contribution is 2.28. The SMILES string of the molecule is C[C@H](N[C@H](C)C(=O)Nc1ccccc1C#N)c1cc(F)c(Cl)cc1Cl. The molecule has 0 unspecified atom stereocenters. The van der Waals surface area contributed by atoms with Crippen LogP contribution in [-0.4, -0.2) is 11.9 Å². The average molecular weight is 380 g/mol. The third-order valence-electron chi connectivity index (χ3n) is 3.70. The summed E-state index contributed by atoms with van der Waals surface area (Å²) in [7, 11) is 0. The Morgan fingerprint density at radius 1 is 1.20 bits per heavy atom. The van der Waals surface area contributed by atoms with Gasteiger partial charge in [-0.15, -0.1) is 0 Å². The quantitative estimate of drug-likeness (QED) is 0.741. The Morgan fingerprint density at radius 3 is 2.56 bits per heavy atom. The molecule has 1 amide bonds. The smallest absolute Gasteiger partial charge is 0.241 e. The summed E-state index contributed by atoms with van der Waals surface area (Å²) in [5, 5.41) is 15.1. The molecule has 0 aliphatic heterocycles. The van der Waals surface area contributed by atoms with E-state index in [1.54, 1.807) is 38.1 Å². The van der Waals surface area contributed by atoms with Crippen molar-refractivity contribution in [1.82, 2.24) is 5.32 Å². The van der Waals surface area contributed by atoms with E-state index in [1.165, 1.54) is 12.1 Å². The summed E-state index contributed by atoms with van der Waals surface area (Å²) in [4.78, 5) is 12.3. The average Bonchev–Trinajstić information content (AvgIpc) is 2.58. The van der Waals surface area contributed by atoms with Crippen molar-refractivity contribution in [1.29, 1.82) is 5.26 Å². The van der Waals surface area contributed by atoms with Gasteiger partial charge in [-0.05, 0) is 43.7 Å². The first-order valence-electron chi connectivity index (χ1n) is 7.54. The van der Waals surface area contributed by atoms with Crippen LogP contribution in [0.4, 0.5) is 10.1 Å². The van der Waals surface area contributed by atoms with Crippen LogP contribution in [0.15, 0.2) is 36.4 Å². The second-order valence-corrected chi connectivity index (χ2v) is 6.36. The van der Waals surface area contributed by atoms with Crippen molar-refractivity contribution in [2.24, 2.45) is 0 Å². The van der Waals surface area contributed by atoms with Crippen LogP contribution in [-0.2, 0) is 4.79 Å². The number of anilines is 1. The first-order chi connectivity index (χ1) is 11.8. The van der Waals surface area contributed by atoms with E-state index < -0.39 is 11.9 Å². The third-order valence-corrected chi connectivity index (χ3v) is 4.32. The van der Waals surface area contributed by atoms with E-state index in [2.05, 4.69) is 10.6 Å². The van der Waals surface area contributed by atoms with E-state index >= 15 is 0 Å². The number of rotatable bonds is 5. The van der Waals surface area contributed by atoms with Crippen LogP contribution in [0.5, 0.6) is 0 Å². The minimum Gasteiger partial charge on any atom is -0.324 e. The van der Waals surface area contributed by atoms with Crippen LogP contribution in [0.3, 0.4) is 0 Å². The summed E-state index contributed by atoms with van der Waals surface area (Å²) < 4.78 is 13.7. The normalized spacial score (nSPS) is 13.0. The highest BCUT2D eigenvalue weighted by Gasteiger charge is 2.20. The Morgan fingerprint density at radius 2 is 1.88 bits per heavy atom. The van der Waals surface area contributed by atoms with Gasteiger partial charge in [0.05, 0.1) is 22.3 Å². The number of nitriles is 1. The van der Waals surface area contributed by atoms with Crippen LogP contribution < -0.4 is 10.6 Å². The number of benzene rings is 2. The van der Waals surface area contributed by atoms with Gasteiger partial charge in [0.2, 0.25) is 5.91 Å². The highest BCUT2D eigenvalue weighted by molar-refractivity contribution is 6.35. The molecular weight excluding hydrogens is 364 g/mol. The van der Waals surface area contributed by atoms with E-state index in [0.29, 0.717) is 21.8 Å². The number of halogens is 3. The molecular formula is C18H16Cl2FN3O. The van der Waals surface area contributed by atoms with Gasteiger partial charge in [-0.2, -0.15) is 5.26 Å². The Bertz CT molecular complexity index is 836. The summed E-state index contributed by atoms with van der Waals surface area (Å²) in [5.41, 5.74) is 1.31. The molecule has 4 nitrogen and oxygen atoms in total. The van der Waals surface area contributed by atoms with Gasteiger partial charge in [-0.3, -0.25) is 10.1 Å². The molecule has 2 aromatic rings. The molecule has 0 saturated carbocycles. The van der Waals surface area contributed by atoms with E-state index in [0.717, 1.165) is 0 Å². The van der Waals surface area contributed by atoms with Crippen molar-refractivity contribution in [2.75, 3.05) is 5.32 Å². The maximum atomic E-state index is 13.7. The van der Waals surface area contributed by atoms with Crippen LogP contribution in [0.25, 0.3) is 0 Å². The fourth-order valence-electron chi connectivity index (χ4n) is 2.34. The topological polar surface area (TPSA) is 64.9 Å². The predicted molar refractivity (Wildman–Crippen MR) is 97.2 cm³/mol.